The highest BCUT2D eigenvalue weighted by atomic mass is 32.2. The lowest BCUT2D eigenvalue weighted by molar-refractivity contribution is 0.238. The van der Waals surface area contributed by atoms with Crippen LogP contribution < -0.4 is 19.7 Å². The van der Waals surface area contributed by atoms with Gasteiger partial charge in [0.15, 0.2) is 0 Å². The molecule has 0 aliphatic carbocycles. The first-order valence-corrected chi connectivity index (χ1v) is 12.4. The molecule has 1 saturated heterocycles. The maximum Gasteiger partial charge on any atom is 0.231 e. The quantitative estimate of drug-likeness (QED) is 0.670. The van der Waals surface area contributed by atoms with Gasteiger partial charge in [0, 0.05) is 31.2 Å². The van der Waals surface area contributed by atoms with Gasteiger partial charge in [0.2, 0.25) is 10.0 Å². The van der Waals surface area contributed by atoms with Crippen molar-refractivity contribution < 1.29 is 13.2 Å². The number of nitrogens with zero attached hydrogens (tertiary/aromatic N) is 1. The first-order valence-electron chi connectivity index (χ1n) is 10.5. The van der Waals surface area contributed by atoms with Gasteiger partial charge in [0.25, 0.3) is 0 Å². The van der Waals surface area contributed by atoms with Gasteiger partial charge in [-0.15, -0.1) is 0 Å². The highest BCUT2D eigenvalue weighted by molar-refractivity contribution is 7.92. The van der Waals surface area contributed by atoms with E-state index in [9.17, 15) is 8.42 Å². The van der Waals surface area contributed by atoms with Gasteiger partial charge in [0.1, 0.15) is 5.75 Å². The van der Waals surface area contributed by atoms with Gasteiger partial charge >= 0.3 is 0 Å². The monoisotopic (exact) mass is 431 g/mol. The molecule has 1 aliphatic rings. The molecule has 6 nitrogen and oxygen atoms in total. The van der Waals surface area contributed by atoms with E-state index < -0.39 is 10.0 Å². The molecule has 0 saturated carbocycles. The summed E-state index contributed by atoms with van der Waals surface area (Å²) < 4.78 is 31.3. The Bertz CT molecular complexity index is 932. The predicted octanol–water partition coefficient (Wildman–Crippen LogP) is 3.45. The Labute approximate surface area is 180 Å². The Morgan fingerprint density at radius 3 is 2.60 bits per heavy atom. The number of hydrogen-bond acceptors (Lipinski definition) is 5. The lowest BCUT2D eigenvalue weighted by Crippen LogP contribution is -2.45. The van der Waals surface area contributed by atoms with Crippen molar-refractivity contribution in [2.45, 2.75) is 51.4 Å². The normalized spacial score (nSPS) is 19.6. The van der Waals surface area contributed by atoms with Gasteiger partial charge in [-0.2, -0.15) is 0 Å². The minimum absolute atomic E-state index is 0.0376. The first kappa shape index (κ1) is 22.6. The number of rotatable bonds is 8. The van der Waals surface area contributed by atoms with E-state index in [1.54, 1.807) is 13.1 Å². The van der Waals surface area contributed by atoms with Crippen LogP contribution >= 0.6 is 0 Å². The predicted molar refractivity (Wildman–Crippen MR) is 123 cm³/mol. The molecule has 7 heteroatoms. The molecule has 1 aliphatic heterocycles. The third-order valence-electron chi connectivity index (χ3n) is 5.44. The van der Waals surface area contributed by atoms with Crippen LogP contribution in [0, 0.1) is 0 Å². The molecule has 1 heterocycles. The lowest BCUT2D eigenvalue weighted by atomic mass is 9.92. The minimum Gasteiger partial charge on any atom is -0.491 e. The molecule has 1 fully saturated rings. The number of sulfonamides is 1. The van der Waals surface area contributed by atoms with Crippen molar-refractivity contribution in [1.82, 2.24) is 10.6 Å². The Balaban J connectivity index is 1.82. The van der Waals surface area contributed by atoms with E-state index in [0.29, 0.717) is 12.2 Å². The third-order valence-corrected chi connectivity index (χ3v) is 6.65. The molecule has 0 unspecified atom stereocenters. The first-order chi connectivity index (χ1) is 14.3. The number of piperidine rings is 1. The largest absolute Gasteiger partial charge is 0.491 e. The molecule has 2 aromatic carbocycles. The zero-order valence-electron chi connectivity index (χ0n) is 18.3. The van der Waals surface area contributed by atoms with Crippen molar-refractivity contribution in [3.8, 4) is 5.75 Å². The Kier molecular flexibility index (Phi) is 7.39. The average Bonchev–Trinajstić information content (AvgIpc) is 2.72. The highest BCUT2D eigenvalue weighted by Crippen LogP contribution is 2.29. The van der Waals surface area contributed by atoms with E-state index in [-0.39, 0.29) is 18.2 Å². The molecule has 0 radical (unpaired) electrons. The summed E-state index contributed by atoms with van der Waals surface area (Å²) in [6.45, 7) is 5.59. The molecule has 30 heavy (non-hydrogen) atoms. The molecule has 0 amide bonds. The van der Waals surface area contributed by atoms with Crippen LogP contribution in [-0.4, -0.2) is 40.4 Å². The number of hydrogen-bond donors (Lipinski definition) is 2. The standard InChI is InChI=1S/C23H33N3O3S/c1-17(2)29-22-13-12-20(26(3)30(4,27)28)15-19(22)16-25-21-11-8-14-24-23(21)18-9-6-5-7-10-18/h5-7,9-10,12-13,15,17,21,23-25H,8,11,14,16H2,1-4H3/t21-,23-/m0/s1. The van der Waals surface area contributed by atoms with Gasteiger partial charge in [-0.25, -0.2) is 8.42 Å². The summed E-state index contributed by atoms with van der Waals surface area (Å²) in [6, 6.07) is 16.6. The van der Waals surface area contributed by atoms with E-state index in [1.165, 1.54) is 16.1 Å². The van der Waals surface area contributed by atoms with Crippen LogP contribution in [0.15, 0.2) is 48.5 Å². The van der Waals surface area contributed by atoms with Gasteiger partial charge < -0.3 is 15.4 Å². The average molecular weight is 432 g/mol. The Morgan fingerprint density at radius 2 is 1.93 bits per heavy atom. The van der Waals surface area contributed by atoms with Crippen molar-refractivity contribution in [1.29, 1.82) is 0 Å². The van der Waals surface area contributed by atoms with E-state index in [4.69, 9.17) is 4.74 Å². The van der Waals surface area contributed by atoms with Gasteiger partial charge in [-0.3, -0.25) is 4.31 Å². The number of ether oxygens (including phenoxy) is 1. The maximum absolute atomic E-state index is 12.0. The molecular weight excluding hydrogens is 398 g/mol. The minimum atomic E-state index is -3.33. The zero-order chi connectivity index (χ0) is 21.7. The summed E-state index contributed by atoms with van der Waals surface area (Å²) in [5.74, 6) is 0.781. The highest BCUT2D eigenvalue weighted by Gasteiger charge is 2.26. The van der Waals surface area contributed by atoms with Gasteiger partial charge in [-0.1, -0.05) is 30.3 Å². The fourth-order valence-corrected chi connectivity index (χ4v) is 4.32. The molecule has 0 spiro atoms. The molecule has 3 rings (SSSR count). The number of anilines is 1. The van der Waals surface area contributed by atoms with Crippen LogP contribution in [-0.2, 0) is 16.6 Å². The van der Waals surface area contributed by atoms with E-state index >= 15 is 0 Å². The summed E-state index contributed by atoms with van der Waals surface area (Å²) in [7, 11) is -1.76. The van der Waals surface area contributed by atoms with E-state index in [0.717, 1.165) is 30.7 Å². The molecule has 2 N–H and O–H groups in total. The smallest absolute Gasteiger partial charge is 0.231 e. The summed E-state index contributed by atoms with van der Waals surface area (Å²) in [5, 5.41) is 7.33. The fourth-order valence-electron chi connectivity index (χ4n) is 3.82. The summed E-state index contributed by atoms with van der Waals surface area (Å²) in [5.41, 5.74) is 2.86. The fraction of sp³-hybridized carbons (Fsp3) is 0.478. The van der Waals surface area contributed by atoms with Crippen LogP contribution in [0.4, 0.5) is 5.69 Å². The molecule has 164 valence electrons. The van der Waals surface area contributed by atoms with Gasteiger partial charge in [0.05, 0.1) is 18.0 Å². The van der Waals surface area contributed by atoms with E-state index in [1.807, 2.05) is 32.0 Å². The van der Waals surface area contributed by atoms with Crippen LogP contribution in [0.2, 0.25) is 0 Å². The second-order valence-corrected chi connectivity index (χ2v) is 10.2. The lowest BCUT2D eigenvalue weighted by Gasteiger charge is -2.34. The maximum atomic E-state index is 12.0. The zero-order valence-corrected chi connectivity index (χ0v) is 19.1. The van der Waals surface area contributed by atoms with Crippen molar-refractivity contribution in [2.75, 3.05) is 24.2 Å². The second-order valence-electron chi connectivity index (χ2n) is 8.16. The Morgan fingerprint density at radius 1 is 1.20 bits per heavy atom. The van der Waals surface area contributed by atoms with E-state index in [2.05, 4.69) is 34.9 Å². The second kappa shape index (κ2) is 9.81. The van der Waals surface area contributed by atoms with Crippen LogP contribution in [0.25, 0.3) is 0 Å². The number of nitrogens with one attached hydrogen (secondary N) is 2. The van der Waals surface area contributed by atoms with Crippen molar-refractivity contribution in [3.63, 3.8) is 0 Å². The molecular formula is C23H33N3O3S. The molecule has 2 aromatic rings. The number of benzene rings is 2. The van der Waals surface area contributed by atoms with Crippen molar-refractivity contribution >= 4 is 15.7 Å². The van der Waals surface area contributed by atoms with Crippen LogP contribution in [0.3, 0.4) is 0 Å². The van der Waals surface area contributed by atoms with Crippen LogP contribution in [0.5, 0.6) is 5.75 Å². The SMILES string of the molecule is CC(C)Oc1ccc(N(C)S(C)(=O)=O)cc1CN[C@H]1CCCN[C@H]1c1ccccc1. The van der Waals surface area contributed by atoms with Crippen molar-refractivity contribution in [3.05, 3.63) is 59.7 Å². The summed E-state index contributed by atoms with van der Waals surface area (Å²) in [4.78, 5) is 0. The topological polar surface area (TPSA) is 70.7 Å². The van der Waals surface area contributed by atoms with Crippen LogP contribution in [0.1, 0.15) is 43.9 Å². The van der Waals surface area contributed by atoms with Gasteiger partial charge in [-0.05, 0) is 57.0 Å². The third kappa shape index (κ3) is 5.74. The summed E-state index contributed by atoms with van der Waals surface area (Å²) >= 11 is 0. The molecule has 2 atom stereocenters. The molecule has 0 aromatic heterocycles. The molecule has 0 bridgehead atoms. The van der Waals surface area contributed by atoms with Crippen molar-refractivity contribution in [2.24, 2.45) is 0 Å². The summed E-state index contributed by atoms with van der Waals surface area (Å²) in [6.07, 6.45) is 3.45. The Hall–Kier alpha value is -2.09.